The van der Waals surface area contributed by atoms with Gasteiger partial charge in [-0.15, -0.1) is 0 Å². The van der Waals surface area contributed by atoms with Crippen LogP contribution in [0.1, 0.15) is 24.5 Å². The van der Waals surface area contributed by atoms with E-state index in [2.05, 4.69) is 11.8 Å². The Morgan fingerprint density at radius 2 is 2.30 bits per heavy atom. The van der Waals surface area contributed by atoms with Crippen molar-refractivity contribution in [1.82, 2.24) is 4.90 Å². The third-order valence-corrected chi connectivity index (χ3v) is 3.96. The number of hydrogen-bond acceptors (Lipinski definition) is 4. The minimum absolute atomic E-state index is 0.0102. The number of aliphatic hydroxyl groups excluding tert-OH is 1. The molecule has 110 valence electrons. The minimum atomic E-state index is -0.255. The number of aliphatic hydroxyl groups is 1. The number of rotatable bonds is 4. The Bertz CT molecular complexity index is 490. The zero-order valence-electron chi connectivity index (χ0n) is 12.1. The fraction of sp³-hybridized carbons (Fsp3) is 0.533. The van der Waals surface area contributed by atoms with Gasteiger partial charge in [-0.2, -0.15) is 0 Å². The maximum Gasteiger partial charge on any atom is 0.129 e. The smallest absolute Gasteiger partial charge is 0.129 e. The lowest BCUT2D eigenvalue weighted by Crippen LogP contribution is -2.42. The van der Waals surface area contributed by atoms with Crippen molar-refractivity contribution < 1.29 is 9.84 Å². The zero-order valence-corrected chi connectivity index (χ0v) is 12.1. The molecule has 4 N–H and O–H groups in total. The zero-order chi connectivity index (χ0) is 14.7. The van der Waals surface area contributed by atoms with Crippen LogP contribution < -0.4 is 10.5 Å². The molecule has 1 saturated heterocycles. The van der Waals surface area contributed by atoms with Crippen LogP contribution in [0.5, 0.6) is 5.75 Å². The molecule has 1 aliphatic rings. The fourth-order valence-electron chi connectivity index (χ4n) is 2.58. The van der Waals surface area contributed by atoms with Crippen LogP contribution in [0.25, 0.3) is 0 Å². The molecule has 2 atom stereocenters. The highest BCUT2D eigenvalue weighted by molar-refractivity contribution is 5.97. The summed E-state index contributed by atoms with van der Waals surface area (Å²) in [4.78, 5) is 2.23. The number of nitrogens with zero attached hydrogens (tertiary/aromatic N) is 1. The Morgan fingerprint density at radius 3 is 2.90 bits per heavy atom. The molecule has 1 aliphatic heterocycles. The first kappa shape index (κ1) is 14.8. The van der Waals surface area contributed by atoms with Gasteiger partial charge in [0, 0.05) is 13.1 Å². The lowest BCUT2D eigenvalue weighted by Gasteiger charge is -2.34. The van der Waals surface area contributed by atoms with Gasteiger partial charge in [-0.1, -0.05) is 13.0 Å². The highest BCUT2D eigenvalue weighted by atomic mass is 16.5. The van der Waals surface area contributed by atoms with Gasteiger partial charge in [0.2, 0.25) is 0 Å². The molecular formula is C15H23N3O2. The van der Waals surface area contributed by atoms with Crippen molar-refractivity contribution in [1.29, 1.82) is 5.41 Å². The summed E-state index contributed by atoms with van der Waals surface area (Å²) in [6.07, 6.45) is 0.756. The first-order chi connectivity index (χ1) is 9.51. The molecule has 0 aromatic heterocycles. The molecule has 0 spiro atoms. The average Bonchev–Trinajstić information content (AvgIpc) is 2.43. The van der Waals surface area contributed by atoms with Gasteiger partial charge >= 0.3 is 0 Å². The van der Waals surface area contributed by atoms with Gasteiger partial charge < -0.3 is 15.6 Å². The highest BCUT2D eigenvalue weighted by Crippen LogP contribution is 2.22. The fourth-order valence-corrected chi connectivity index (χ4v) is 2.58. The van der Waals surface area contributed by atoms with Crippen LogP contribution in [0.2, 0.25) is 0 Å². The van der Waals surface area contributed by atoms with Gasteiger partial charge in [0.25, 0.3) is 0 Å². The van der Waals surface area contributed by atoms with E-state index in [1.807, 2.05) is 18.2 Å². The number of nitrogens with two attached hydrogens (primary N) is 1. The molecule has 0 bridgehead atoms. The standard InChI is InChI=1S/C15H23N3O2/c1-10-5-6-18(9-13(10)19)8-11-3-4-14(20-2)12(7-11)15(16)17/h3-4,7,10,13,19H,5-6,8-9H2,1-2H3,(H3,16,17). The van der Waals surface area contributed by atoms with Crippen molar-refractivity contribution in [3.63, 3.8) is 0 Å². The highest BCUT2D eigenvalue weighted by Gasteiger charge is 2.24. The van der Waals surface area contributed by atoms with Crippen LogP contribution in [0, 0.1) is 11.3 Å². The average molecular weight is 277 g/mol. The molecule has 5 heteroatoms. The second kappa shape index (κ2) is 6.24. The maximum absolute atomic E-state index is 9.94. The van der Waals surface area contributed by atoms with Crippen LogP contribution in [-0.4, -0.2) is 42.1 Å². The molecule has 2 unspecified atom stereocenters. The summed E-state index contributed by atoms with van der Waals surface area (Å²) in [6, 6.07) is 5.72. The van der Waals surface area contributed by atoms with Crippen molar-refractivity contribution in [2.24, 2.45) is 11.7 Å². The lowest BCUT2D eigenvalue weighted by atomic mass is 9.95. The minimum Gasteiger partial charge on any atom is -0.496 e. The number of nitrogens with one attached hydrogen (secondary N) is 1. The number of piperidine rings is 1. The summed E-state index contributed by atoms with van der Waals surface area (Å²) < 4.78 is 5.21. The third kappa shape index (κ3) is 3.29. The van der Waals surface area contributed by atoms with E-state index in [9.17, 15) is 5.11 Å². The predicted molar refractivity (Wildman–Crippen MR) is 79.1 cm³/mol. The predicted octanol–water partition coefficient (Wildman–Crippen LogP) is 1.18. The van der Waals surface area contributed by atoms with Crippen molar-refractivity contribution >= 4 is 5.84 Å². The van der Waals surface area contributed by atoms with E-state index in [0.717, 1.165) is 25.1 Å². The van der Waals surface area contributed by atoms with Gasteiger partial charge in [-0.25, -0.2) is 0 Å². The third-order valence-electron chi connectivity index (χ3n) is 3.96. The van der Waals surface area contributed by atoms with Gasteiger partial charge in [0.05, 0.1) is 18.8 Å². The number of benzene rings is 1. The molecule has 1 aromatic carbocycles. The molecule has 2 rings (SSSR count). The van der Waals surface area contributed by atoms with Gasteiger partial charge in [0.15, 0.2) is 0 Å². The molecule has 20 heavy (non-hydrogen) atoms. The molecule has 1 fully saturated rings. The number of hydrogen-bond donors (Lipinski definition) is 3. The Balaban J connectivity index is 2.10. The van der Waals surface area contributed by atoms with E-state index in [4.69, 9.17) is 15.9 Å². The van der Waals surface area contributed by atoms with Crippen molar-refractivity contribution in [3.8, 4) is 5.75 Å². The van der Waals surface area contributed by atoms with Crippen LogP contribution in [0.4, 0.5) is 0 Å². The topological polar surface area (TPSA) is 82.6 Å². The number of β-amino-alcohol motifs (C(OH)–C–C–N with tert-alkyl or cyclic N) is 1. The second-order valence-corrected chi connectivity index (χ2v) is 5.52. The number of nitrogen functional groups attached to an aromatic ring is 1. The molecule has 0 radical (unpaired) electrons. The van der Waals surface area contributed by atoms with Crippen LogP contribution in [0.15, 0.2) is 18.2 Å². The molecule has 0 saturated carbocycles. The number of ether oxygens (including phenoxy) is 1. The van der Waals surface area contributed by atoms with Crippen molar-refractivity contribution in [2.45, 2.75) is 26.0 Å². The summed E-state index contributed by atoms with van der Waals surface area (Å²) in [5, 5.41) is 17.5. The van der Waals surface area contributed by atoms with E-state index >= 15 is 0 Å². The van der Waals surface area contributed by atoms with E-state index in [1.165, 1.54) is 0 Å². The Hall–Kier alpha value is -1.59. The molecule has 0 aliphatic carbocycles. The first-order valence-corrected chi connectivity index (χ1v) is 6.93. The van der Waals surface area contributed by atoms with Gasteiger partial charge in [0.1, 0.15) is 11.6 Å². The summed E-state index contributed by atoms with van der Waals surface area (Å²) in [5.41, 5.74) is 7.28. The van der Waals surface area contributed by atoms with Crippen LogP contribution in [-0.2, 0) is 6.54 Å². The van der Waals surface area contributed by atoms with E-state index in [-0.39, 0.29) is 11.9 Å². The first-order valence-electron chi connectivity index (χ1n) is 6.93. The Labute approximate surface area is 119 Å². The number of likely N-dealkylation sites (tertiary alicyclic amines) is 1. The van der Waals surface area contributed by atoms with E-state index in [1.54, 1.807) is 7.11 Å². The van der Waals surface area contributed by atoms with Crippen LogP contribution >= 0.6 is 0 Å². The molecule has 0 amide bonds. The summed E-state index contributed by atoms with van der Waals surface area (Å²) in [5.74, 6) is 0.999. The number of amidine groups is 1. The molecular weight excluding hydrogens is 254 g/mol. The maximum atomic E-state index is 9.94. The molecule has 1 aromatic rings. The molecule has 1 heterocycles. The quantitative estimate of drug-likeness (QED) is 0.570. The number of methoxy groups -OCH3 is 1. The largest absolute Gasteiger partial charge is 0.496 e. The molecule has 5 nitrogen and oxygen atoms in total. The van der Waals surface area contributed by atoms with E-state index in [0.29, 0.717) is 23.8 Å². The normalized spacial score (nSPS) is 23.6. The van der Waals surface area contributed by atoms with Crippen molar-refractivity contribution in [3.05, 3.63) is 29.3 Å². The summed E-state index contributed by atoms with van der Waals surface area (Å²) >= 11 is 0. The monoisotopic (exact) mass is 277 g/mol. The summed E-state index contributed by atoms with van der Waals surface area (Å²) in [7, 11) is 1.57. The van der Waals surface area contributed by atoms with E-state index < -0.39 is 0 Å². The second-order valence-electron chi connectivity index (χ2n) is 5.52. The van der Waals surface area contributed by atoms with Gasteiger partial charge in [-0.05, 0) is 36.6 Å². The van der Waals surface area contributed by atoms with Gasteiger partial charge in [-0.3, -0.25) is 10.3 Å². The SMILES string of the molecule is COc1ccc(CN2CCC(C)C(O)C2)cc1C(=N)N. The Morgan fingerprint density at radius 1 is 1.55 bits per heavy atom. The summed E-state index contributed by atoms with van der Waals surface area (Å²) in [6.45, 7) is 4.53. The van der Waals surface area contributed by atoms with Crippen LogP contribution in [0.3, 0.4) is 0 Å². The lowest BCUT2D eigenvalue weighted by molar-refractivity contribution is 0.0259. The Kier molecular flexibility index (Phi) is 4.62. The van der Waals surface area contributed by atoms with Crippen molar-refractivity contribution in [2.75, 3.05) is 20.2 Å².